The predicted molar refractivity (Wildman–Crippen MR) is 106 cm³/mol. The maximum atomic E-state index is 12.1. The first-order valence-corrected chi connectivity index (χ1v) is 9.81. The van der Waals surface area contributed by atoms with Crippen molar-refractivity contribution in [2.45, 2.75) is 4.90 Å². The lowest BCUT2D eigenvalue weighted by atomic mass is 10.2. The largest absolute Gasteiger partial charge is 0.438 e. The highest BCUT2D eigenvalue weighted by molar-refractivity contribution is 7.90. The van der Waals surface area contributed by atoms with Crippen molar-refractivity contribution in [2.75, 3.05) is 10.6 Å². The van der Waals surface area contributed by atoms with Gasteiger partial charge >= 0.3 is 6.03 Å². The van der Waals surface area contributed by atoms with E-state index in [2.05, 4.69) is 15.0 Å². The molecule has 3 aromatic rings. The normalized spacial score (nSPS) is 13.9. The molecule has 1 aliphatic rings. The van der Waals surface area contributed by atoms with Gasteiger partial charge in [-0.2, -0.15) is 8.42 Å². The summed E-state index contributed by atoms with van der Waals surface area (Å²) in [6.07, 6.45) is 0. The molecule has 2 amide bonds. The number of hydrogen-bond acceptors (Lipinski definition) is 4. The molecule has 140 valence electrons. The average Bonchev–Trinajstić information content (AvgIpc) is 2.95. The fourth-order valence-corrected chi connectivity index (χ4v) is 3.82. The van der Waals surface area contributed by atoms with Gasteiger partial charge in [0.05, 0.1) is 5.56 Å². The lowest BCUT2D eigenvalue weighted by Gasteiger charge is -2.09. The van der Waals surface area contributed by atoms with Gasteiger partial charge in [-0.15, -0.1) is 4.40 Å². The molecule has 0 radical (unpaired) electrons. The number of anilines is 2. The molecule has 0 atom stereocenters. The number of urea groups is 1. The van der Waals surface area contributed by atoms with E-state index in [0.717, 1.165) is 0 Å². The van der Waals surface area contributed by atoms with E-state index >= 15 is 0 Å². The van der Waals surface area contributed by atoms with E-state index in [9.17, 15) is 13.2 Å². The third kappa shape index (κ3) is 3.72. The van der Waals surface area contributed by atoms with Crippen LogP contribution >= 0.6 is 0 Å². The number of amides is 2. The van der Waals surface area contributed by atoms with Crippen LogP contribution in [0.15, 0.2) is 88.2 Å². The molecule has 0 bridgehead atoms. The molecule has 28 heavy (non-hydrogen) atoms. The second-order valence-corrected chi connectivity index (χ2v) is 7.51. The summed E-state index contributed by atoms with van der Waals surface area (Å²) >= 11 is 0. The van der Waals surface area contributed by atoms with Crippen LogP contribution in [0.1, 0.15) is 5.56 Å². The smallest absolute Gasteiger partial charge is 0.323 e. The Morgan fingerprint density at radius 3 is 2.11 bits per heavy atom. The summed E-state index contributed by atoms with van der Waals surface area (Å²) in [5.74, 6) is 0.429. The van der Waals surface area contributed by atoms with Crippen LogP contribution in [0.25, 0.3) is 0 Å². The fraction of sp³-hybridized carbons (Fsp3) is 0. The summed E-state index contributed by atoms with van der Waals surface area (Å²) in [6, 6.07) is 21.7. The molecule has 0 aliphatic carbocycles. The number of sulfonamides is 1. The third-order valence-corrected chi connectivity index (χ3v) is 5.27. The second kappa shape index (κ2) is 7.16. The third-order valence-electron chi connectivity index (χ3n) is 3.96. The number of ether oxygens (including phenoxy) is 1. The Kier molecular flexibility index (Phi) is 4.54. The summed E-state index contributed by atoms with van der Waals surface area (Å²) in [5.41, 5.74) is 1.66. The van der Waals surface area contributed by atoms with Crippen molar-refractivity contribution in [3.63, 3.8) is 0 Å². The van der Waals surface area contributed by atoms with Crippen LogP contribution < -0.4 is 15.4 Å². The lowest BCUT2D eigenvalue weighted by Crippen LogP contribution is -2.19. The SMILES string of the molecule is O=C(Nc1ccccc1)Nc1ccc(OC2=NS(=O)(=O)c3ccccc32)cc1. The Balaban J connectivity index is 1.44. The van der Waals surface area contributed by atoms with Crippen molar-refractivity contribution in [3.05, 3.63) is 84.4 Å². The first-order chi connectivity index (χ1) is 13.5. The molecule has 0 fully saturated rings. The molecule has 1 aliphatic heterocycles. The van der Waals surface area contributed by atoms with E-state index in [0.29, 0.717) is 22.7 Å². The second-order valence-electron chi connectivity index (χ2n) is 5.94. The first-order valence-electron chi connectivity index (χ1n) is 8.37. The van der Waals surface area contributed by atoms with Gasteiger partial charge in [-0.25, -0.2) is 4.79 Å². The minimum Gasteiger partial charge on any atom is -0.438 e. The monoisotopic (exact) mass is 393 g/mol. The van der Waals surface area contributed by atoms with Gasteiger partial charge in [-0.1, -0.05) is 30.3 Å². The van der Waals surface area contributed by atoms with Gasteiger partial charge in [-0.3, -0.25) is 0 Å². The fourth-order valence-electron chi connectivity index (χ4n) is 2.68. The van der Waals surface area contributed by atoms with Crippen molar-refractivity contribution < 1.29 is 17.9 Å². The van der Waals surface area contributed by atoms with Crippen LogP contribution in [-0.4, -0.2) is 20.3 Å². The van der Waals surface area contributed by atoms with Gasteiger partial charge in [-0.05, 0) is 48.5 Å². The molecule has 0 saturated heterocycles. The van der Waals surface area contributed by atoms with E-state index in [1.165, 1.54) is 6.07 Å². The number of nitrogens with one attached hydrogen (secondary N) is 2. The number of carbonyl (C=O) groups is 1. The molecule has 0 spiro atoms. The summed E-state index contributed by atoms with van der Waals surface area (Å²) in [4.78, 5) is 12.1. The lowest BCUT2D eigenvalue weighted by molar-refractivity contribution is 0.262. The van der Waals surface area contributed by atoms with Gasteiger partial charge < -0.3 is 15.4 Å². The highest BCUT2D eigenvalue weighted by atomic mass is 32.2. The standard InChI is InChI=1S/C20H15N3O4S/c24-20(21-14-6-2-1-3-7-14)22-15-10-12-16(13-11-15)27-19-17-8-4-5-9-18(17)28(25,26)23-19/h1-13H,(H2,21,22,24). The van der Waals surface area contributed by atoms with Crippen molar-refractivity contribution in [1.82, 2.24) is 0 Å². The summed E-state index contributed by atoms with van der Waals surface area (Å²) in [7, 11) is -3.73. The molecule has 0 unspecified atom stereocenters. The molecular weight excluding hydrogens is 378 g/mol. The minimum atomic E-state index is -3.73. The molecule has 4 rings (SSSR count). The highest BCUT2D eigenvalue weighted by Gasteiger charge is 2.29. The molecule has 0 saturated carbocycles. The van der Waals surface area contributed by atoms with E-state index in [-0.39, 0.29) is 16.8 Å². The Bertz CT molecular complexity index is 1160. The van der Waals surface area contributed by atoms with Gasteiger partial charge in [0.1, 0.15) is 10.6 Å². The quantitative estimate of drug-likeness (QED) is 0.706. The number of fused-ring (bicyclic) bond motifs is 1. The molecule has 0 aromatic heterocycles. The topological polar surface area (TPSA) is 96.9 Å². The molecule has 8 heteroatoms. The zero-order valence-corrected chi connectivity index (χ0v) is 15.3. The van der Waals surface area contributed by atoms with Gasteiger partial charge in [0, 0.05) is 11.4 Å². The van der Waals surface area contributed by atoms with E-state index in [1.54, 1.807) is 54.6 Å². The Morgan fingerprint density at radius 2 is 1.39 bits per heavy atom. The van der Waals surface area contributed by atoms with Gasteiger partial charge in [0.15, 0.2) is 0 Å². The van der Waals surface area contributed by atoms with Crippen LogP contribution in [0.4, 0.5) is 16.2 Å². The van der Waals surface area contributed by atoms with Crippen LogP contribution in [0.2, 0.25) is 0 Å². The van der Waals surface area contributed by atoms with E-state index in [4.69, 9.17) is 4.74 Å². The molecule has 2 N–H and O–H groups in total. The number of carbonyl (C=O) groups excluding carboxylic acids is 1. The van der Waals surface area contributed by atoms with Crippen molar-refractivity contribution in [2.24, 2.45) is 4.40 Å². The predicted octanol–water partition coefficient (Wildman–Crippen LogP) is 3.86. The van der Waals surface area contributed by atoms with E-state index in [1.807, 2.05) is 18.2 Å². The number of hydrogen-bond donors (Lipinski definition) is 2. The van der Waals surface area contributed by atoms with Crippen LogP contribution in [-0.2, 0) is 10.0 Å². The molecule has 3 aromatic carbocycles. The number of rotatable bonds is 3. The number of nitrogens with zero attached hydrogens (tertiary/aromatic N) is 1. The van der Waals surface area contributed by atoms with Gasteiger partial charge in [0.2, 0.25) is 5.90 Å². The van der Waals surface area contributed by atoms with Crippen LogP contribution in [0.5, 0.6) is 5.75 Å². The zero-order chi connectivity index (χ0) is 19.6. The first kappa shape index (κ1) is 17.7. The maximum absolute atomic E-state index is 12.1. The molecular formula is C20H15N3O4S. The summed E-state index contributed by atoms with van der Waals surface area (Å²) in [5, 5.41) is 5.42. The molecule has 7 nitrogen and oxygen atoms in total. The summed E-state index contributed by atoms with van der Waals surface area (Å²) in [6.45, 7) is 0. The van der Waals surface area contributed by atoms with Crippen molar-refractivity contribution in [1.29, 1.82) is 0 Å². The number of benzene rings is 3. The maximum Gasteiger partial charge on any atom is 0.323 e. The Labute approximate surface area is 161 Å². The van der Waals surface area contributed by atoms with Crippen molar-refractivity contribution in [3.8, 4) is 5.75 Å². The number of para-hydroxylation sites is 1. The Morgan fingerprint density at radius 1 is 0.786 bits per heavy atom. The molecule has 1 heterocycles. The van der Waals surface area contributed by atoms with Gasteiger partial charge in [0.25, 0.3) is 10.0 Å². The van der Waals surface area contributed by atoms with Crippen LogP contribution in [0, 0.1) is 0 Å². The average molecular weight is 393 g/mol. The van der Waals surface area contributed by atoms with Crippen LogP contribution in [0.3, 0.4) is 0 Å². The van der Waals surface area contributed by atoms with E-state index < -0.39 is 10.0 Å². The minimum absolute atomic E-state index is 0.0260. The Hall–Kier alpha value is -3.65. The van der Waals surface area contributed by atoms with Crippen molar-refractivity contribution >= 4 is 33.3 Å². The summed E-state index contributed by atoms with van der Waals surface area (Å²) < 4.78 is 33.4. The highest BCUT2D eigenvalue weighted by Crippen LogP contribution is 2.27. The zero-order valence-electron chi connectivity index (χ0n) is 14.5.